The van der Waals surface area contributed by atoms with E-state index in [1.807, 2.05) is 30.3 Å². The SMILES string of the molecule is O=C(CCCc1ncc(-c2ccccc2)o1)N[C@@H]1CC[C@H](C(=O)O)C1. The van der Waals surface area contributed by atoms with Crippen molar-refractivity contribution in [1.29, 1.82) is 0 Å². The van der Waals surface area contributed by atoms with Crippen LogP contribution in [0, 0.1) is 5.92 Å². The quantitative estimate of drug-likeness (QED) is 0.807. The van der Waals surface area contributed by atoms with Gasteiger partial charge < -0.3 is 14.8 Å². The summed E-state index contributed by atoms with van der Waals surface area (Å²) in [6, 6.07) is 9.75. The Bertz CT molecular complexity index is 726. The van der Waals surface area contributed by atoms with Gasteiger partial charge in [0.2, 0.25) is 5.91 Å². The Hall–Kier alpha value is -2.63. The summed E-state index contributed by atoms with van der Waals surface area (Å²) in [6.45, 7) is 0. The Labute approximate surface area is 146 Å². The largest absolute Gasteiger partial charge is 0.481 e. The van der Waals surface area contributed by atoms with Gasteiger partial charge in [0.05, 0.1) is 12.1 Å². The second kappa shape index (κ2) is 7.96. The van der Waals surface area contributed by atoms with E-state index in [1.165, 1.54) is 0 Å². The minimum atomic E-state index is -0.769. The van der Waals surface area contributed by atoms with E-state index in [0.29, 0.717) is 38.0 Å². The summed E-state index contributed by atoms with van der Waals surface area (Å²) in [5.74, 6) is 0.221. The maximum Gasteiger partial charge on any atom is 0.306 e. The van der Waals surface area contributed by atoms with Crippen molar-refractivity contribution in [3.8, 4) is 11.3 Å². The fourth-order valence-electron chi connectivity index (χ4n) is 3.20. The first-order chi connectivity index (χ1) is 12.1. The van der Waals surface area contributed by atoms with Crippen molar-refractivity contribution in [2.75, 3.05) is 0 Å². The van der Waals surface area contributed by atoms with Crippen LogP contribution in [0.2, 0.25) is 0 Å². The highest BCUT2D eigenvalue weighted by Crippen LogP contribution is 2.25. The fourth-order valence-corrected chi connectivity index (χ4v) is 3.20. The molecule has 0 bridgehead atoms. The van der Waals surface area contributed by atoms with Crippen LogP contribution in [-0.4, -0.2) is 28.0 Å². The third kappa shape index (κ3) is 4.68. The maximum atomic E-state index is 12.0. The van der Waals surface area contributed by atoms with Crippen LogP contribution >= 0.6 is 0 Å². The van der Waals surface area contributed by atoms with Crippen molar-refractivity contribution in [1.82, 2.24) is 10.3 Å². The second-order valence-electron chi connectivity index (χ2n) is 6.45. The molecule has 132 valence electrons. The molecule has 0 saturated heterocycles. The molecule has 0 radical (unpaired) electrons. The number of hydrogen-bond donors (Lipinski definition) is 2. The van der Waals surface area contributed by atoms with Gasteiger partial charge in [-0.15, -0.1) is 0 Å². The number of amides is 1. The van der Waals surface area contributed by atoms with Crippen molar-refractivity contribution in [2.24, 2.45) is 5.92 Å². The lowest BCUT2D eigenvalue weighted by atomic mass is 10.1. The monoisotopic (exact) mass is 342 g/mol. The van der Waals surface area contributed by atoms with Crippen LogP contribution in [0.1, 0.15) is 38.0 Å². The molecule has 2 atom stereocenters. The zero-order valence-corrected chi connectivity index (χ0v) is 14.0. The molecule has 0 unspecified atom stereocenters. The molecular weight excluding hydrogens is 320 g/mol. The predicted molar refractivity (Wildman–Crippen MR) is 91.8 cm³/mol. The number of aliphatic carboxylic acids is 1. The van der Waals surface area contributed by atoms with Crippen LogP contribution in [-0.2, 0) is 16.0 Å². The van der Waals surface area contributed by atoms with Gasteiger partial charge in [0.15, 0.2) is 11.7 Å². The number of carboxylic acid groups (broad SMARTS) is 1. The van der Waals surface area contributed by atoms with Gasteiger partial charge in [-0.25, -0.2) is 4.98 Å². The molecule has 25 heavy (non-hydrogen) atoms. The molecule has 0 spiro atoms. The van der Waals surface area contributed by atoms with Crippen LogP contribution in [0.5, 0.6) is 0 Å². The third-order valence-electron chi connectivity index (χ3n) is 4.55. The Kier molecular flexibility index (Phi) is 5.48. The fraction of sp³-hybridized carbons (Fsp3) is 0.421. The number of rotatable bonds is 7. The van der Waals surface area contributed by atoms with Crippen molar-refractivity contribution < 1.29 is 19.1 Å². The molecule has 3 rings (SSSR count). The molecule has 1 amide bonds. The molecular formula is C19H22N2O4. The predicted octanol–water partition coefficient (Wildman–Crippen LogP) is 3.03. The van der Waals surface area contributed by atoms with Crippen molar-refractivity contribution >= 4 is 11.9 Å². The molecule has 2 aromatic rings. The zero-order valence-electron chi connectivity index (χ0n) is 14.0. The van der Waals surface area contributed by atoms with Crippen LogP contribution in [0.25, 0.3) is 11.3 Å². The van der Waals surface area contributed by atoms with E-state index < -0.39 is 5.97 Å². The van der Waals surface area contributed by atoms with Gasteiger partial charge in [-0.05, 0) is 25.7 Å². The van der Waals surface area contributed by atoms with Gasteiger partial charge in [0.1, 0.15) is 0 Å². The van der Waals surface area contributed by atoms with E-state index in [0.717, 1.165) is 17.7 Å². The van der Waals surface area contributed by atoms with Crippen LogP contribution in [0.15, 0.2) is 40.9 Å². The Morgan fingerprint density at radius 2 is 2.04 bits per heavy atom. The first-order valence-electron chi connectivity index (χ1n) is 8.64. The number of benzene rings is 1. The molecule has 1 saturated carbocycles. The Morgan fingerprint density at radius 3 is 2.76 bits per heavy atom. The molecule has 1 aromatic heterocycles. The molecule has 0 aliphatic heterocycles. The number of nitrogens with zero attached hydrogens (tertiary/aromatic N) is 1. The Morgan fingerprint density at radius 1 is 1.24 bits per heavy atom. The summed E-state index contributed by atoms with van der Waals surface area (Å²) < 4.78 is 5.72. The van der Waals surface area contributed by atoms with Crippen LogP contribution in [0.4, 0.5) is 0 Å². The third-order valence-corrected chi connectivity index (χ3v) is 4.55. The minimum Gasteiger partial charge on any atom is -0.481 e. The first kappa shape index (κ1) is 17.2. The van der Waals surface area contributed by atoms with E-state index in [-0.39, 0.29) is 17.9 Å². The van der Waals surface area contributed by atoms with Crippen molar-refractivity contribution in [3.05, 3.63) is 42.4 Å². The molecule has 1 aromatic carbocycles. The standard InChI is InChI=1S/C19H22N2O4/c22-17(21-15-10-9-14(11-15)19(23)24)7-4-8-18-20-12-16(25-18)13-5-2-1-3-6-13/h1-3,5-6,12,14-15H,4,7-11H2,(H,21,22)(H,23,24)/t14-,15+/m0/s1. The number of nitrogens with one attached hydrogen (secondary N) is 1. The van der Waals surface area contributed by atoms with Gasteiger partial charge in [-0.1, -0.05) is 30.3 Å². The van der Waals surface area contributed by atoms with E-state index >= 15 is 0 Å². The highest BCUT2D eigenvalue weighted by atomic mass is 16.4. The minimum absolute atomic E-state index is 0.0139. The van der Waals surface area contributed by atoms with E-state index in [2.05, 4.69) is 10.3 Å². The van der Waals surface area contributed by atoms with Gasteiger partial charge >= 0.3 is 5.97 Å². The average Bonchev–Trinajstić information content (AvgIpc) is 3.25. The lowest BCUT2D eigenvalue weighted by Gasteiger charge is -2.12. The topological polar surface area (TPSA) is 92.4 Å². The van der Waals surface area contributed by atoms with Gasteiger partial charge in [0.25, 0.3) is 0 Å². The summed E-state index contributed by atoms with van der Waals surface area (Å²) >= 11 is 0. The van der Waals surface area contributed by atoms with Crippen molar-refractivity contribution in [3.63, 3.8) is 0 Å². The number of hydrogen-bond acceptors (Lipinski definition) is 4. The van der Waals surface area contributed by atoms with E-state index in [4.69, 9.17) is 9.52 Å². The van der Waals surface area contributed by atoms with Gasteiger partial charge in [0, 0.05) is 24.4 Å². The molecule has 1 heterocycles. The summed E-state index contributed by atoms with van der Waals surface area (Å²) in [4.78, 5) is 27.2. The molecule has 6 heteroatoms. The van der Waals surface area contributed by atoms with E-state index in [9.17, 15) is 9.59 Å². The van der Waals surface area contributed by atoms with Crippen LogP contribution < -0.4 is 5.32 Å². The molecule has 2 N–H and O–H groups in total. The summed E-state index contributed by atoms with van der Waals surface area (Å²) in [5.41, 5.74) is 0.980. The summed E-state index contributed by atoms with van der Waals surface area (Å²) in [6.07, 6.45) is 5.24. The van der Waals surface area contributed by atoms with Gasteiger partial charge in [-0.2, -0.15) is 0 Å². The number of aromatic nitrogens is 1. The number of carboxylic acids is 1. The average molecular weight is 342 g/mol. The lowest BCUT2D eigenvalue weighted by Crippen LogP contribution is -2.33. The summed E-state index contributed by atoms with van der Waals surface area (Å²) in [7, 11) is 0. The number of carbonyl (C=O) groups is 2. The smallest absolute Gasteiger partial charge is 0.306 e. The highest BCUT2D eigenvalue weighted by molar-refractivity contribution is 5.76. The molecule has 1 aliphatic rings. The van der Waals surface area contributed by atoms with Gasteiger partial charge in [-0.3, -0.25) is 9.59 Å². The maximum absolute atomic E-state index is 12.0. The first-order valence-corrected chi connectivity index (χ1v) is 8.64. The lowest BCUT2D eigenvalue weighted by molar-refractivity contribution is -0.141. The molecule has 6 nitrogen and oxygen atoms in total. The Balaban J connectivity index is 1.40. The number of carbonyl (C=O) groups excluding carboxylic acids is 1. The molecule has 1 aliphatic carbocycles. The normalized spacial score (nSPS) is 19.7. The second-order valence-corrected chi connectivity index (χ2v) is 6.45. The number of oxazole rings is 1. The number of aryl methyl sites for hydroxylation is 1. The van der Waals surface area contributed by atoms with Crippen molar-refractivity contribution in [2.45, 2.75) is 44.6 Å². The molecule has 1 fully saturated rings. The van der Waals surface area contributed by atoms with Crippen LogP contribution in [0.3, 0.4) is 0 Å². The van der Waals surface area contributed by atoms with E-state index in [1.54, 1.807) is 6.20 Å². The highest BCUT2D eigenvalue weighted by Gasteiger charge is 2.30. The summed E-state index contributed by atoms with van der Waals surface area (Å²) in [5, 5.41) is 11.9. The zero-order chi connectivity index (χ0) is 17.6.